The van der Waals surface area contributed by atoms with Gasteiger partial charge in [-0.05, 0) is 29.0 Å². The van der Waals surface area contributed by atoms with Crippen LogP contribution in [0.5, 0.6) is 17.2 Å². The van der Waals surface area contributed by atoms with Crippen LogP contribution in [0.4, 0.5) is 5.69 Å². The van der Waals surface area contributed by atoms with Crippen LogP contribution >= 0.6 is 0 Å². The molecule has 2 amide bonds. The highest BCUT2D eigenvalue weighted by atomic mass is 16.5. The first kappa shape index (κ1) is 19.7. The molecule has 0 aliphatic rings. The zero-order valence-electron chi connectivity index (χ0n) is 15.8. The molecule has 8 heteroatoms. The Bertz CT molecular complexity index is 1090. The lowest BCUT2D eigenvalue weighted by atomic mass is 10.0. The number of rotatable bonds is 5. The van der Waals surface area contributed by atoms with Crippen molar-refractivity contribution in [1.82, 2.24) is 5.43 Å². The van der Waals surface area contributed by atoms with Crippen LogP contribution in [0.2, 0.25) is 0 Å². The lowest BCUT2D eigenvalue weighted by Crippen LogP contribution is -2.32. The van der Waals surface area contributed by atoms with E-state index >= 15 is 0 Å². The minimum Gasteiger partial charge on any atom is -0.507 e. The van der Waals surface area contributed by atoms with Gasteiger partial charge >= 0.3 is 11.8 Å². The maximum atomic E-state index is 12.1. The Labute approximate surface area is 166 Å². The van der Waals surface area contributed by atoms with E-state index in [0.29, 0.717) is 22.7 Å². The van der Waals surface area contributed by atoms with E-state index in [1.54, 1.807) is 24.3 Å². The fourth-order valence-electron chi connectivity index (χ4n) is 2.71. The molecule has 3 aromatic rings. The molecule has 3 rings (SSSR count). The van der Waals surface area contributed by atoms with Crippen LogP contribution in [0.15, 0.2) is 59.7 Å². The van der Waals surface area contributed by atoms with Gasteiger partial charge in [0.1, 0.15) is 17.2 Å². The number of hydrogen-bond donors (Lipinski definition) is 3. The average molecular weight is 393 g/mol. The van der Waals surface area contributed by atoms with E-state index in [-0.39, 0.29) is 5.75 Å². The number of nitrogens with zero attached hydrogens (tertiary/aromatic N) is 1. The lowest BCUT2D eigenvalue weighted by Gasteiger charge is -2.11. The van der Waals surface area contributed by atoms with Gasteiger partial charge in [0.25, 0.3) is 0 Å². The van der Waals surface area contributed by atoms with Crippen LogP contribution in [-0.4, -0.2) is 37.4 Å². The summed E-state index contributed by atoms with van der Waals surface area (Å²) in [6.45, 7) is 0. The molecule has 0 fully saturated rings. The number of methoxy groups -OCH3 is 2. The number of amides is 2. The summed E-state index contributed by atoms with van der Waals surface area (Å²) in [7, 11) is 2.94. The molecule has 29 heavy (non-hydrogen) atoms. The number of hydrogen-bond acceptors (Lipinski definition) is 6. The minimum atomic E-state index is -0.973. The third kappa shape index (κ3) is 4.44. The number of anilines is 1. The minimum absolute atomic E-state index is 0.00844. The summed E-state index contributed by atoms with van der Waals surface area (Å²) in [6.07, 6.45) is 1.29. The van der Waals surface area contributed by atoms with Crippen LogP contribution in [0.25, 0.3) is 10.8 Å². The molecular formula is C21H19N3O5. The van der Waals surface area contributed by atoms with Crippen LogP contribution < -0.4 is 20.2 Å². The van der Waals surface area contributed by atoms with Crippen molar-refractivity contribution in [1.29, 1.82) is 0 Å². The van der Waals surface area contributed by atoms with Crippen molar-refractivity contribution in [2.24, 2.45) is 5.10 Å². The van der Waals surface area contributed by atoms with Crippen LogP contribution in [-0.2, 0) is 9.59 Å². The summed E-state index contributed by atoms with van der Waals surface area (Å²) in [5.74, 6) is -1.00. The van der Waals surface area contributed by atoms with Gasteiger partial charge in [0.15, 0.2) is 0 Å². The summed E-state index contributed by atoms with van der Waals surface area (Å²) in [4.78, 5) is 24.2. The largest absolute Gasteiger partial charge is 0.507 e. The molecule has 0 aliphatic carbocycles. The van der Waals surface area contributed by atoms with Gasteiger partial charge in [-0.3, -0.25) is 9.59 Å². The molecule has 8 nitrogen and oxygen atoms in total. The van der Waals surface area contributed by atoms with Gasteiger partial charge in [0, 0.05) is 11.6 Å². The topological polar surface area (TPSA) is 109 Å². The van der Waals surface area contributed by atoms with Gasteiger partial charge in [0.05, 0.1) is 26.1 Å². The number of ether oxygens (including phenoxy) is 2. The molecule has 0 heterocycles. The predicted octanol–water partition coefficient (Wildman–Crippen LogP) is 2.65. The molecule has 0 aliphatic heterocycles. The van der Waals surface area contributed by atoms with E-state index in [4.69, 9.17) is 9.47 Å². The van der Waals surface area contributed by atoms with E-state index in [9.17, 15) is 14.7 Å². The van der Waals surface area contributed by atoms with Crippen LogP contribution in [0, 0.1) is 0 Å². The van der Waals surface area contributed by atoms with Crippen molar-refractivity contribution in [2.75, 3.05) is 19.5 Å². The zero-order chi connectivity index (χ0) is 20.8. The Morgan fingerprint density at radius 1 is 1.00 bits per heavy atom. The van der Waals surface area contributed by atoms with E-state index in [1.165, 1.54) is 26.5 Å². The monoisotopic (exact) mass is 393 g/mol. The van der Waals surface area contributed by atoms with Crippen LogP contribution in [0.3, 0.4) is 0 Å². The lowest BCUT2D eigenvalue weighted by molar-refractivity contribution is -0.136. The van der Waals surface area contributed by atoms with E-state index in [1.807, 2.05) is 24.3 Å². The van der Waals surface area contributed by atoms with Gasteiger partial charge in [-0.15, -0.1) is 0 Å². The fourth-order valence-corrected chi connectivity index (χ4v) is 2.71. The first-order chi connectivity index (χ1) is 14.0. The predicted molar refractivity (Wildman–Crippen MR) is 110 cm³/mol. The van der Waals surface area contributed by atoms with E-state index in [0.717, 1.165) is 10.8 Å². The molecule has 0 spiro atoms. The zero-order valence-corrected chi connectivity index (χ0v) is 15.8. The summed E-state index contributed by atoms with van der Waals surface area (Å²) in [5, 5.41) is 18.0. The molecule has 0 saturated carbocycles. The Kier molecular flexibility index (Phi) is 5.94. The Morgan fingerprint density at radius 2 is 1.79 bits per heavy atom. The molecular weight excluding hydrogens is 374 g/mol. The van der Waals surface area contributed by atoms with Gasteiger partial charge in [-0.2, -0.15) is 5.10 Å². The van der Waals surface area contributed by atoms with Crippen molar-refractivity contribution in [2.45, 2.75) is 0 Å². The van der Waals surface area contributed by atoms with Crippen molar-refractivity contribution in [3.8, 4) is 17.2 Å². The number of benzene rings is 3. The second-order valence-electron chi connectivity index (χ2n) is 5.94. The van der Waals surface area contributed by atoms with E-state index in [2.05, 4.69) is 15.8 Å². The summed E-state index contributed by atoms with van der Waals surface area (Å²) >= 11 is 0. The first-order valence-electron chi connectivity index (χ1n) is 8.60. The standard InChI is InChI=1S/C21H19N3O5/c1-28-14-8-9-17(19(11-14)29-2)23-20(26)21(27)24-22-12-16-15-6-4-3-5-13(15)7-10-18(16)25/h3-12,25H,1-2H3,(H,23,26)(H,24,27). The maximum Gasteiger partial charge on any atom is 0.329 e. The molecule has 3 N–H and O–H groups in total. The Morgan fingerprint density at radius 3 is 2.55 bits per heavy atom. The number of aromatic hydroxyl groups is 1. The van der Waals surface area contributed by atoms with Crippen molar-refractivity contribution in [3.63, 3.8) is 0 Å². The maximum absolute atomic E-state index is 12.1. The number of nitrogens with one attached hydrogen (secondary N) is 2. The summed E-state index contributed by atoms with van der Waals surface area (Å²) in [6, 6.07) is 15.5. The Hall–Kier alpha value is -4.07. The molecule has 148 valence electrons. The van der Waals surface area contributed by atoms with Crippen molar-refractivity contribution in [3.05, 3.63) is 60.2 Å². The fraction of sp³-hybridized carbons (Fsp3) is 0.0952. The average Bonchev–Trinajstić information content (AvgIpc) is 2.75. The number of phenolic OH excluding ortho intramolecular Hbond substituents is 1. The number of fused-ring (bicyclic) bond motifs is 1. The highest BCUT2D eigenvalue weighted by molar-refractivity contribution is 6.39. The van der Waals surface area contributed by atoms with Gasteiger partial charge < -0.3 is 19.9 Å². The number of hydrazone groups is 1. The highest BCUT2D eigenvalue weighted by Crippen LogP contribution is 2.29. The smallest absolute Gasteiger partial charge is 0.329 e. The van der Waals surface area contributed by atoms with Crippen LogP contribution in [0.1, 0.15) is 5.56 Å². The van der Waals surface area contributed by atoms with Crippen molar-refractivity contribution >= 4 is 34.5 Å². The summed E-state index contributed by atoms with van der Waals surface area (Å²) in [5.41, 5.74) is 2.89. The van der Waals surface area contributed by atoms with Crippen molar-refractivity contribution < 1.29 is 24.2 Å². The van der Waals surface area contributed by atoms with E-state index < -0.39 is 11.8 Å². The third-order valence-corrected chi connectivity index (χ3v) is 4.17. The molecule has 0 aromatic heterocycles. The summed E-state index contributed by atoms with van der Waals surface area (Å²) < 4.78 is 10.3. The normalized spacial score (nSPS) is 10.7. The highest BCUT2D eigenvalue weighted by Gasteiger charge is 2.16. The first-order valence-corrected chi connectivity index (χ1v) is 8.60. The van der Waals surface area contributed by atoms with Gasteiger partial charge in [-0.1, -0.05) is 30.3 Å². The number of carbonyl (C=O) groups excluding carboxylic acids is 2. The third-order valence-electron chi connectivity index (χ3n) is 4.17. The van der Waals surface area contributed by atoms with Gasteiger partial charge in [0.2, 0.25) is 0 Å². The number of phenols is 1. The second kappa shape index (κ2) is 8.75. The SMILES string of the molecule is COc1ccc(NC(=O)C(=O)NN=Cc2c(O)ccc3ccccc23)c(OC)c1. The molecule has 0 unspecified atom stereocenters. The molecule has 0 bridgehead atoms. The van der Waals surface area contributed by atoms with Gasteiger partial charge in [-0.25, -0.2) is 5.43 Å². The molecule has 3 aromatic carbocycles. The molecule has 0 radical (unpaired) electrons. The second-order valence-corrected chi connectivity index (χ2v) is 5.94. The molecule has 0 atom stereocenters. The molecule has 0 saturated heterocycles. The quantitative estimate of drug-likeness (QED) is 0.351. The Balaban J connectivity index is 1.70. The number of carbonyl (C=O) groups is 2.